The van der Waals surface area contributed by atoms with Crippen LogP contribution in [0, 0.1) is 0 Å². The summed E-state index contributed by atoms with van der Waals surface area (Å²) in [5.41, 5.74) is 0.978. The highest BCUT2D eigenvalue weighted by Crippen LogP contribution is 2.15. The van der Waals surface area contributed by atoms with Gasteiger partial charge in [-0.3, -0.25) is 14.7 Å². The van der Waals surface area contributed by atoms with Crippen LogP contribution in [-0.4, -0.2) is 35.3 Å². The van der Waals surface area contributed by atoms with Crippen molar-refractivity contribution in [1.29, 1.82) is 0 Å². The summed E-state index contributed by atoms with van der Waals surface area (Å²) in [6.07, 6.45) is 2.34. The number of nitrogens with zero attached hydrogens (tertiary/aromatic N) is 2. The molecule has 0 fully saturated rings. The lowest BCUT2D eigenvalue weighted by molar-refractivity contribution is -0.126. The summed E-state index contributed by atoms with van der Waals surface area (Å²) in [5, 5.41) is 1.51. The number of aliphatic imine (C=N–C) groups is 1. The number of hydrogen-bond donors (Lipinski definition) is 0. The quantitative estimate of drug-likeness (QED) is 0.825. The molecule has 1 aromatic rings. The fraction of sp³-hybridized carbons (Fsp3) is 0.333. The van der Waals surface area contributed by atoms with Crippen molar-refractivity contribution >= 4 is 34.4 Å². The minimum Gasteiger partial charge on any atom is -0.289 e. The highest BCUT2D eigenvalue weighted by atomic mass is 35.5. The van der Waals surface area contributed by atoms with Gasteiger partial charge in [0.1, 0.15) is 0 Å². The average molecular weight is 269 g/mol. The lowest BCUT2D eigenvalue weighted by atomic mass is 10.1. The molecule has 1 amide bonds. The number of benzene rings is 1. The fourth-order valence-electron chi connectivity index (χ4n) is 1.71. The van der Waals surface area contributed by atoms with Crippen molar-refractivity contribution in [3.8, 4) is 0 Å². The normalized spacial score (nSPS) is 14.9. The molecule has 1 heterocycles. The van der Waals surface area contributed by atoms with Gasteiger partial charge in [-0.05, 0) is 24.0 Å². The number of halogens is 1. The molecule has 0 unspecified atom stereocenters. The molecule has 0 radical (unpaired) electrons. The predicted octanol–water partition coefficient (Wildman–Crippen LogP) is 2.44. The third kappa shape index (κ3) is 3.01. The van der Waals surface area contributed by atoms with E-state index in [4.69, 9.17) is 11.6 Å². The Labute approximate surface area is 110 Å². The summed E-state index contributed by atoms with van der Waals surface area (Å²) in [5.74, 6) is 0.0953. The smallest absolute Gasteiger partial charge is 0.233 e. The summed E-state index contributed by atoms with van der Waals surface area (Å²) in [7, 11) is 0. The van der Waals surface area contributed by atoms with Gasteiger partial charge in [0.05, 0.1) is 13.0 Å². The van der Waals surface area contributed by atoms with Gasteiger partial charge in [0.15, 0.2) is 5.17 Å². The molecule has 90 valence electrons. The Hall–Kier alpha value is -1.00. The van der Waals surface area contributed by atoms with Gasteiger partial charge in [-0.15, -0.1) is 0 Å². The van der Waals surface area contributed by atoms with Crippen LogP contribution in [0.3, 0.4) is 0 Å². The maximum Gasteiger partial charge on any atom is 0.233 e. The van der Waals surface area contributed by atoms with Crippen molar-refractivity contribution in [2.45, 2.75) is 6.42 Å². The van der Waals surface area contributed by atoms with Gasteiger partial charge in [-0.1, -0.05) is 35.5 Å². The third-order valence-electron chi connectivity index (χ3n) is 2.55. The van der Waals surface area contributed by atoms with E-state index in [9.17, 15) is 4.79 Å². The Bertz CT molecular complexity index is 444. The highest BCUT2D eigenvalue weighted by Gasteiger charge is 2.22. The Morgan fingerprint density at radius 1 is 1.47 bits per heavy atom. The number of amidine groups is 1. The number of amides is 1. The molecule has 5 heteroatoms. The van der Waals surface area contributed by atoms with Crippen LogP contribution in [0.15, 0.2) is 29.3 Å². The van der Waals surface area contributed by atoms with E-state index in [1.165, 1.54) is 11.8 Å². The number of thioether (sulfide) groups is 1. The van der Waals surface area contributed by atoms with Crippen LogP contribution in [-0.2, 0) is 11.2 Å². The van der Waals surface area contributed by atoms with Crippen LogP contribution in [0.4, 0.5) is 0 Å². The minimum absolute atomic E-state index is 0.0953. The van der Waals surface area contributed by atoms with Gasteiger partial charge < -0.3 is 0 Å². The second kappa shape index (κ2) is 5.56. The highest BCUT2D eigenvalue weighted by molar-refractivity contribution is 8.13. The lowest BCUT2D eigenvalue weighted by Gasteiger charge is -2.16. The summed E-state index contributed by atoms with van der Waals surface area (Å²) < 4.78 is 0. The van der Waals surface area contributed by atoms with E-state index in [-0.39, 0.29) is 5.91 Å². The molecule has 1 aromatic carbocycles. The first-order chi connectivity index (χ1) is 8.20. The van der Waals surface area contributed by atoms with E-state index in [2.05, 4.69) is 4.99 Å². The SMILES string of the molecule is CSC1=NCCN1C(=O)Cc1ccc(Cl)cc1. The molecule has 17 heavy (non-hydrogen) atoms. The number of rotatable bonds is 2. The fourth-order valence-corrected chi connectivity index (χ4v) is 2.46. The first-order valence-electron chi connectivity index (χ1n) is 5.34. The largest absolute Gasteiger partial charge is 0.289 e. The first-order valence-corrected chi connectivity index (χ1v) is 6.94. The van der Waals surface area contributed by atoms with Crippen LogP contribution >= 0.6 is 23.4 Å². The standard InChI is InChI=1S/C12H13ClN2OS/c1-17-12-14-6-7-15(12)11(16)8-9-2-4-10(13)5-3-9/h2-5H,6-8H2,1H3. The summed E-state index contributed by atoms with van der Waals surface area (Å²) in [6, 6.07) is 7.37. The number of hydrogen-bond acceptors (Lipinski definition) is 3. The van der Waals surface area contributed by atoms with Gasteiger partial charge in [-0.25, -0.2) is 0 Å². The van der Waals surface area contributed by atoms with Crippen molar-refractivity contribution in [3.63, 3.8) is 0 Å². The Balaban J connectivity index is 2.02. The van der Waals surface area contributed by atoms with Crippen LogP contribution in [0.5, 0.6) is 0 Å². The van der Waals surface area contributed by atoms with Gasteiger partial charge in [0.2, 0.25) is 5.91 Å². The molecular weight excluding hydrogens is 256 g/mol. The molecule has 0 bridgehead atoms. The first kappa shape index (κ1) is 12.5. The average Bonchev–Trinajstić information content (AvgIpc) is 2.80. The lowest BCUT2D eigenvalue weighted by Crippen LogP contribution is -2.33. The molecule has 3 nitrogen and oxygen atoms in total. The Kier molecular flexibility index (Phi) is 4.07. The van der Waals surface area contributed by atoms with Gasteiger partial charge in [0.25, 0.3) is 0 Å². The van der Waals surface area contributed by atoms with E-state index in [1.54, 1.807) is 17.0 Å². The predicted molar refractivity (Wildman–Crippen MR) is 72.7 cm³/mol. The van der Waals surface area contributed by atoms with Crippen LogP contribution in [0.2, 0.25) is 5.02 Å². The number of carbonyl (C=O) groups is 1. The second-order valence-corrected chi connectivity index (χ2v) is 4.93. The van der Waals surface area contributed by atoms with Crippen molar-refractivity contribution in [2.75, 3.05) is 19.3 Å². The maximum absolute atomic E-state index is 12.1. The second-order valence-electron chi connectivity index (χ2n) is 3.72. The van der Waals surface area contributed by atoms with Gasteiger partial charge in [0, 0.05) is 11.6 Å². The van der Waals surface area contributed by atoms with Crippen molar-refractivity contribution in [2.24, 2.45) is 4.99 Å². The van der Waals surface area contributed by atoms with Gasteiger partial charge in [-0.2, -0.15) is 0 Å². The Morgan fingerprint density at radius 2 is 2.18 bits per heavy atom. The molecule has 0 spiro atoms. The third-order valence-corrected chi connectivity index (χ3v) is 3.52. The van der Waals surface area contributed by atoms with Gasteiger partial charge >= 0.3 is 0 Å². The zero-order valence-electron chi connectivity index (χ0n) is 9.52. The van der Waals surface area contributed by atoms with Crippen molar-refractivity contribution < 1.29 is 4.79 Å². The van der Waals surface area contributed by atoms with Crippen LogP contribution < -0.4 is 0 Å². The van der Waals surface area contributed by atoms with Crippen LogP contribution in [0.25, 0.3) is 0 Å². The molecule has 0 saturated carbocycles. The van der Waals surface area contributed by atoms with Crippen molar-refractivity contribution in [3.05, 3.63) is 34.9 Å². The molecule has 1 aliphatic heterocycles. The molecule has 0 N–H and O–H groups in total. The van der Waals surface area contributed by atoms with E-state index >= 15 is 0 Å². The maximum atomic E-state index is 12.1. The van der Waals surface area contributed by atoms with E-state index in [1.807, 2.05) is 18.4 Å². The van der Waals surface area contributed by atoms with Crippen LogP contribution in [0.1, 0.15) is 5.56 Å². The Morgan fingerprint density at radius 3 is 2.82 bits per heavy atom. The molecule has 1 aliphatic rings. The molecule has 0 saturated heterocycles. The zero-order valence-corrected chi connectivity index (χ0v) is 11.1. The van der Waals surface area contributed by atoms with E-state index in [0.29, 0.717) is 24.5 Å². The molecule has 0 atom stereocenters. The summed E-state index contributed by atoms with van der Waals surface area (Å²) in [6.45, 7) is 1.41. The van der Waals surface area contributed by atoms with E-state index in [0.717, 1.165) is 10.7 Å². The molecule has 0 aromatic heterocycles. The molecule has 2 rings (SSSR count). The van der Waals surface area contributed by atoms with E-state index < -0.39 is 0 Å². The summed E-state index contributed by atoms with van der Waals surface area (Å²) in [4.78, 5) is 18.1. The molecule has 0 aliphatic carbocycles. The minimum atomic E-state index is 0.0953. The topological polar surface area (TPSA) is 32.7 Å². The number of carbonyl (C=O) groups excluding carboxylic acids is 1. The zero-order chi connectivity index (χ0) is 12.3. The monoisotopic (exact) mass is 268 g/mol. The summed E-state index contributed by atoms with van der Waals surface area (Å²) >= 11 is 7.32. The van der Waals surface area contributed by atoms with Crippen molar-refractivity contribution in [1.82, 2.24) is 4.90 Å². The molecular formula is C12H13ClN2OS.